The zero-order valence-electron chi connectivity index (χ0n) is 11.6. The Morgan fingerprint density at radius 3 is 2.65 bits per heavy atom. The van der Waals surface area contributed by atoms with Crippen LogP contribution in [0, 0.1) is 12.8 Å². The Balaban J connectivity index is 2.40. The molecule has 1 heterocycles. The second-order valence-electron chi connectivity index (χ2n) is 5.58. The van der Waals surface area contributed by atoms with Crippen LogP contribution >= 0.6 is 0 Å². The number of aryl methyl sites for hydroxylation is 1. The van der Waals surface area contributed by atoms with Crippen molar-refractivity contribution in [2.75, 3.05) is 6.54 Å². The van der Waals surface area contributed by atoms with E-state index in [2.05, 4.69) is 31.2 Å². The second-order valence-corrected chi connectivity index (χ2v) is 5.58. The minimum absolute atomic E-state index is 0.506. The smallest absolute Gasteiger partial charge is 0.0746 e. The van der Waals surface area contributed by atoms with Crippen LogP contribution in [0.3, 0.4) is 0 Å². The summed E-state index contributed by atoms with van der Waals surface area (Å²) in [7, 11) is 1.94. The molecule has 0 bridgehead atoms. The zero-order chi connectivity index (χ0) is 13.1. The molecule has 0 amide bonds. The van der Waals surface area contributed by atoms with Gasteiger partial charge in [-0.3, -0.25) is 4.68 Å². The molecule has 0 aromatic carbocycles. The van der Waals surface area contributed by atoms with Crippen LogP contribution < -0.4 is 5.32 Å². The Morgan fingerprint density at radius 2 is 2.18 bits per heavy atom. The minimum Gasteiger partial charge on any atom is -0.389 e. The number of hydrogen-bond donors (Lipinski definition) is 2. The van der Waals surface area contributed by atoms with E-state index in [0.29, 0.717) is 12.5 Å². The number of aliphatic hydroxyl groups is 1. The summed E-state index contributed by atoms with van der Waals surface area (Å²) >= 11 is 0. The normalized spacial score (nSPS) is 15.2. The van der Waals surface area contributed by atoms with Crippen molar-refractivity contribution in [1.82, 2.24) is 15.1 Å². The molecule has 0 radical (unpaired) electrons. The Labute approximate surface area is 104 Å². The van der Waals surface area contributed by atoms with Crippen LogP contribution in [-0.2, 0) is 13.6 Å². The molecule has 17 heavy (non-hydrogen) atoms. The van der Waals surface area contributed by atoms with Crippen LogP contribution in [0.4, 0.5) is 0 Å². The Kier molecular flexibility index (Phi) is 4.71. The van der Waals surface area contributed by atoms with E-state index in [0.717, 1.165) is 13.0 Å². The lowest BCUT2D eigenvalue weighted by Crippen LogP contribution is -2.38. The van der Waals surface area contributed by atoms with Gasteiger partial charge >= 0.3 is 0 Å². The molecule has 1 rings (SSSR count). The van der Waals surface area contributed by atoms with E-state index in [1.165, 1.54) is 11.3 Å². The van der Waals surface area contributed by atoms with Crippen molar-refractivity contribution >= 4 is 0 Å². The first-order valence-electron chi connectivity index (χ1n) is 6.22. The summed E-state index contributed by atoms with van der Waals surface area (Å²) in [5.41, 5.74) is 1.72. The van der Waals surface area contributed by atoms with E-state index in [1.54, 1.807) is 0 Å². The van der Waals surface area contributed by atoms with Crippen molar-refractivity contribution in [3.63, 3.8) is 0 Å². The third-order valence-corrected chi connectivity index (χ3v) is 3.01. The van der Waals surface area contributed by atoms with Gasteiger partial charge in [-0.2, -0.15) is 5.10 Å². The SMILES string of the molecule is Cc1c(CNCC(C)(O)CC(C)C)cnn1C. The van der Waals surface area contributed by atoms with Gasteiger partial charge in [0.15, 0.2) is 0 Å². The van der Waals surface area contributed by atoms with Crippen LogP contribution in [-0.4, -0.2) is 27.0 Å². The van der Waals surface area contributed by atoms with Crippen molar-refractivity contribution in [3.8, 4) is 0 Å². The second kappa shape index (κ2) is 5.65. The Hall–Kier alpha value is -0.870. The molecule has 0 fully saturated rings. The molecule has 4 nitrogen and oxygen atoms in total. The first-order chi connectivity index (χ1) is 7.82. The standard InChI is InChI=1S/C13H25N3O/c1-10(2)6-13(4,17)9-14-7-12-8-15-16(5)11(12)3/h8,10,14,17H,6-7,9H2,1-5H3. The van der Waals surface area contributed by atoms with Crippen molar-refractivity contribution < 1.29 is 5.11 Å². The highest BCUT2D eigenvalue weighted by molar-refractivity contribution is 5.15. The summed E-state index contributed by atoms with van der Waals surface area (Å²) < 4.78 is 1.86. The van der Waals surface area contributed by atoms with Gasteiger partial charge in [0.1, 0.15) is 0 Å². The fraction of sp³-hybridized carbons (Fsp3) is 0.769. The number of nitrogens with one attached hydrogen (secondary N) is 1. The van der Waals surface area contributed by atoms with E-state index in [9.17, 15) is 5.11 Å². The number of hydrogen-bond acceptors (Lipinski definition) is 3. The molecule has 4 heteroatoms. The first-order valence-corrected chi connectivity index (χ1v) is 6.22. The summed E-state index contributed by atoms with van der Waals surface area (Å²) in [6.45, 7) is 9.55. The van der Waals surface area contributed by atoms with Crippen LogP contribution in [0.15, 0.2) is 6.20 Å². The predicted octanol–water partition coefficient (Wildman–Crippen LogP) is 1.62. The van der Waals surface area contributed by atoms with Gasteiger partial charge in [0.2, 0.25) is 0 Å². The van der Waals surface area contributed by atoms with E-state index >= 15 is 0 Å². The average Bonchev–Trinajstić information content (AvgIpc) is 2.47. The Morgan fingerprint density at radius 1 is 1.53 bits per heavy atom. The highest BCUT2D eigenvalue weighted by Gasteiger charge is 2.21. The molecular weight excluding hydrogens is 214 g/mol. The van der Waals surface area contributed by atoms with Crippen LogP contribution in [0.2, 0.25) is 0 Å². The fourth-order valence-electron chi connectivity index (χ4n) is 2.14. The van der Waals surface area contributed by atoms with Crippen LogP contribution in [0.5, 0.6) is 0 Å². The van der Waals surface area contributed by atoms with E-state index in [-0.39, 0.29) is 0 Å². The Bertz CT molecular complexity index is 356. The maximum atomic E-state index is 10.2. The third kappa shape index (κ3) is 4.48. The molecule has 0 saturated heterocycles. The van der Waals surface area contributed by atoms with Gasteiger partial charge in [-0.25, -0.2) is 0 Å². The molecule has 0 saturated carbocycles. The van der Waals surface area contributed by atoms with Crippen molar-refractivity contribution in [3.05, 3.63) is 17.5 Å². The number of aromatic nitrogens is 2. The molecule has 0 aliphatic rings. The molecule has 1 aromatic rings. The minimum atomic E-state index is -0.635. The molecule has 0 aliphatic carbocycles. The predicted molar refractivity (Wildman–Crippen MR) is 69.7 cm³/mol. The topological polar surface area (TPSA) is 50.1 Å². The summed E-state index contributed by atoms with van der Waals surface area (Å²) in [5.74, 6) is 0.506. The van der Waals surface area contributed by atoms with Crippen molar-refractivity contribution in [2.45, 2.75) is 46.3 Å². The molecule has 0 aliphatic heterocycles. The fourth-order valence-corrected chi connectivity index (χ4v) is 2.14. The van der Waals surface area contributed by atoms with Gasteiger partial charge in [0.25, 0.3) is 0 Å². The molecule has 2 N–H and O–H groups in total. The van der Waals surface area contributed by atoms with E-state index in [4.69, 9.17) is 0 Å². The molecule has 0 spiro atoms. The van der Waals surface area contributed by atoms with Gasteiger partial charge in [-0.1, -0.05) is 13.8 Å². The van der Waals surface area contributed by atoms with Crippen LogP contribution in [0.25, 0.3) is 0 Å². The van der Waals surface area contributed by atoms with Gasteiger partial charge in [-0.05, 0) is 26.2 Å². The monoisotopic (exact) mass is 239 g/mol. The largest absolute Gasteiger partial charge is 0.389 e. The zero-order valence-corrected chi connectivity index (χ0v) is 11.6. The van der Waals surface area contributed by atoms with E-state index < -0.39 is 5.60 Å². The van der Waals surface area contributed by atoms with Gasteiger partial charge < -0.3 is 10.4 Å². The molecule has 1 atom stereocenters. The van der Waals surface area contributed by atoms with Gasteiger partial charge in [0.05, 0.1) is 11.8 Å². The summed E-state index contributed by atoms with van der Waals surface area (Å²) in [6, 6.07) is 0. The van der Waals surface area contributed by atoms with E-state index in [1.807, 2.05) is 24.9 Å². The number of nitrogens with zero attached hydrogens (tertiary/aromatic N) is 2. The maximum absolute atomic E-state index is 10.2. The average molecular weight is 239 g/mol. The summed E-state index contributed by atoms with van der Waals surface area (Å²) in [6.07, 6.45) is 2.69. The highest BCUT2D eigenvalue weighted by atomic mass is 16.3. The lowest BCUT2D eigenvalue weighted by Gasteiger charge is -2.25. The summed E-state index contributed by atoms with van der Waals surface area (Å²) in [5, 5.41) is 17.6. The molecular formula is C13H25N3O. The van der Waals surface area contributed by atoms with Crippen LogP contribution in [0.1, 0.15) is 38.4 Å². The quantitative estimate of drug-likeness (QED) is 0.793. The third-order valence-electron chi connectivity index (χ3n) is 3.01. The van der Waals surface area contributed by atoms with Crippen molar-refractivity contribution in [2.24, 2.45) is 13.0 Å². The molecule has 98 valence electrons. The molecule has 1 aromatic heterocycles. The lowest BCUT2D eigenvalue weighted by molar-refractivity contribution is 0.0383. The molecule has 1 unspecified atom stereocenters. The van der Waals surface area contributed by atoms with Gasteiger partial charge in [-0.15, -0.1) is 0 Å². The maximum Gasteiger partial charge on any atom is 0.0746 e. The lowest BCUT2D eigenvalue weighted by atomic mass is 9.94. The number of rotatable bonds is 6. The van der Waals surface area contributed by atoms with Gasteiger partial charge in [0, 0.05) is 31.4 Å². The highest BCUT2D eigenvalue weighted by Crippen LogP contribution is 2.15. The van der Waals surface area contributed by atoms with Crippen molar-refractivity contribution in [1.29, 1.82) is 0 Å². The summed E-state index contributed by atoms with van der Waals surface area (Å²) in [4.78, 5) is 0. The first kappa shape index (κ1) is 14.2.